The van der Waals surface area contributed by atoms with Gasteiger partial charge >= 0.3 is 0 Å². The highest BCUT2D eigenvalue weighted by atomic mass is 16.3. The Labute approximate surface area is 259 Å². The molecule has 0 unspecified atom stereocenters. The number of aromatic nitrogens is 1. The first-order chi connectivity index (χ1) is 22.3. The van der Waals surface area contributed by atoms with Gasteiger partial charge in [0.05, 0.1) is 11.4 Å². The molecule has 0 aliphatic heterocycles. The normalized spacial score (nSPS) is 11.6. The molecule has 212 valence electrons. The van der Waals surface area contributed by atoms with Crippen LogP contribution in [0.15, 0.2) is 167 Å². The molecule has 0 spiro atoms. The zero-order valence-electron chi connectivity index (χ0n) is 24.2. The molecule has 0 atom stereocenters. The summed E-state index contributed by atoms with van der Waals surface area (Å²) in [5.41, 5.74) is 9.60. The van der Waals surface area contributed by atoms with E-state index in [-0.39, 0.29) is 0 Å². The van der Waals surface area contributed by atoms with Crippen LogP contribution in [-0.4, -0.2) is 4.98 Å². The first-order valence-corrected chi connectivity index (χ1v) is 15.1. The van der Waals surface area contributed by atoms with Crippen LogP contribution in [0.3, 0.4) is 0 Å². The lowest BCUT2D eigenvalue weighted by Gasteiger charge is -2.29. The predicted molar refractivity (Wildman–Crippen MR) is 184 cm³/mol. The molecule has 0 N–H and O–H groups in total. The van der Waals surface area contributed by atoms with Crippen LogP contribution in [0.25, 0.3) is 66.4 Å². The van der Waals surface area contributed by atoms with Crippen molar-refractivity contribution in [2.45, 2.75) is 0 Å². The molecule has 0 saturated carbocycles. The summed E-state index contributed by atoms with van der Waals surface area (Å²) >= 11 is 0. The molecule has 4 nitrogen and oxygen atoms in total. The van der Waals surface area contributed by atoms with Crippen molar-refractivity contribution >= 4 is 60.9 Å². The van der Waals surface area contributed by atoms with Gasteiger partial charge in [-0.15, -0.1) is 0 Å². The monoisotopic (exact) mass is 578 g/mol. The number of hydrogen-bond donors (Lipinski definition) is 0. The molecule has 45 heavy (non-hydrogen) atoms. The summed E-state index contributed by atoms with van der Waals surface area (Å²) in [7, 11) is 0. The predicted octanol–water partition coefficient (Wildman–Crippen LogP) is 11.7. The number of furan rings is 1. The Balaban J connectivity index is 1.28. The topological polar surface area (TPSA) is 42.4 Å². The summed E-state index contributed by atoms with van der Waals surface area (Å²) in [6.45, 7) is 0. The van der Waals surface area contributed by atoms with Crippen LogP contribution in [-0.2, 0) is 0 Å². The van der Waals surface area contributed by atoms with Gasteiger partial charge in [0.1, 0.15) is 16.7 Å². The Bertz CT molecular complexity index is 2470. The van der Waals surface area contributed by atoms with Gasteiger partial charge in [-0.3, -0.25) is 0 Å². The molecule has 0 aliphatic carbocycles. The molecule has 0 bridgehead atoms. The molecule has 4 heteroatoms. The van der Waals surface area contributed by atoms with E-state index in [1.165, 1.54) is 10.8 Å². The third-order valence-electron chi connectivity index (χ3n) is 8.50. The maximum absolute atomic E-state index is 6.56. The average molecular weight is 579 g/mol. The Morgan fingerprint density at radius 3 is 2.11 bits per heavy atom. The fourth-order valence-electron chi connectivity index (χ4n) is 6.46. The number of anilines is 3. The molecule has 7 aromatic carbocycles. The second-order valence-electron chi connectivity index (χ2n) is 11.2. The van der Waals surface area contributed by atoms with Crippen molar-refractivity contribution in [1.29, 1.82) is 0 Å². The molecule has 9 rings (SSSR count). The third kappa shape index (κ3) is 4.19. The van der Waals surface area contributed by atoms with E-state index in [0.717, 1.165) is 66.8 Å². The Morgan fingerprint density at radius 1 is 0.467 bits per heavy atom. The number of oxazole rings is 1. The van der Waals surface area contributed by atoms with Gasteiger partial charge in [0, 0.05) is 39.0 Å². The van der Waals surface area contributed by atoms with Gasteiger partial charge in [0.25, 0.3) is 0 Å². The second-order valence-corrected chi connectivity index (χ2v) is 11.2. The van der Waals surface area contributed by atoms with E-state index in [1.807, 2.05) is 36.4 Å². The van der Waals surface area contributed by atoms with E-state index < -0.39 is 0 Å². The Hall–Kier alpha value is -6.13. The van der Waals surface area contributed by atoms with Crippen LogP contribution in [0.2, 0.25) is 0 Å². The van der Waals surface area contributed by atoms with Gasteiger partial charge in [-0.1, -0.05) is 103 Å². The minimum absolute atomic E-state index is 0.586. The SMILES string of the molecule is c1ccc(-c2ccccc2N(c2ccc3c(c2)oc2cccc(-c4nc5ccccc5o4)c23)c2cccc3ccccc23)cc1. The van der Waals surface area contributed by atoms with E-state index in [0.29, 0.717) is 5.89 Å². The lowest BCUT2D eigenvalue weighted by atomic mass is 10.00. The van der Waals surface area contributed by atoms with E-state index in [9.17, 15) is 0 Å². The molecule has 0 aliphatic rings. The zero-order valence-corrected chi connectivity index (χ0v) is 24.2. The van der Waals surface area contributed by atoms with Crippen LogP contribution in [0.1, 0.15) is 0 Å². The van der Waals surface area contributed by atoms with E-state index in [4.69, 9.17) is 13.8 Å². The van der Waals surface area contributed by atoms with Gasteiger partial charge in [-0.2, -0.15) is 0 Å². The molecular formula is C41H26N2O2. The maximum Gasteiger partial charge on any atom is 0.228 e. The summed E-state index contributed by atoms with van der Waals surface area (Å²) in [5.74, 6) is 0.586. The molecule has 2 heterocycles. The number of para-hydroxylation sites is 3. The highest BCUT2D eigenvalue weighted by Crippen LogP contribution is 2.45. The van der Waals surface area contributed by atoms with Gasteiger partial charge in [0.15, 0.2) is 5.58 Å². The van der Waals surface area contributed by atoms with E-state index in [2.05, 4.69) is 126 Å². The quantitative estimate of drug-likeness (QED) is 0.204. The van der Waals surface area contributed by atoms with Gasteiger partial charge < -0.3 is 13.7 Å². The minimum Gasteiger partial charge on any atom is -0.456 e. The van der Waals surface area contributed by atoms with Crippen molar-refractivity contribution in [3.05, 3.63) is 158 Å². The van der Waals surface area contributed by atoms with Crippen molar-refractivity contribution in [2.24, 2.45) is 0 Å². The van der Waals surface area contributed by atoms with Crippen molar-refractivity contribution in [1.82, 2.24) is 4.98 Å². The molecular weight excluding hydrogens is 552 g/mol. The first-order valence-electron chi connectivity index (χ1n) is 15.1. The number of hydrogen-bond acceptors (Lipinski definition) is 4. The standard InChI is InChI=1S/C41H26N2O2/c1-2-12-27(13-3-1)30-17-6-8-20-35(30)43(36-21-10-15-28-14-4-5-16-31(28)36)29-24-25-32-39(26-29)44-38-23-11-18-33(40(32)38)41-42-34-19-7-9-22-37(34)45-41/h1-26H. The highest BCUT2D eigenvalue weighted by Gasteiger charge is 2.22. The van der Waals surface area contributed by atoms with Crippen LogP contribution >= 0.6 is 0 Å². The largest absolute Gasteiger partial charge is 0.456 e. The number of nitrogens with zero attached hydrogens (tertiary/aromatic N) is 2. The number of fused-ring (bicyclic) bond motifs is 5. The number of rotatable bonds is 5. The Kier molecular flexibility index (Phi) is 5.78. The maximum atomic E-state index is 6.56. The number of benzene rings is 7. The lowest BCUT2D eigenvalue weighted by Crippen LogP contribution is -2.11. The highest BCUT2D eigenvalue weighted by molar-refractivity contribution is 6.13. The van der Waals surface area contributed by atoms with Gasteiger partial charge in [0.2, 0.25) is 5.89 Å². The molecule has 0 fully saturated rings. The van der Waals surface area contributed by atoms with Gasteiger partial charge in [-0.25, -0.2) is 4.98 Å². The van der Waals surface area contributed by atoms with Crippen molar-refractivity contribution < 1.29 is 8.83 Å². The smallest absolute Gasteiger partial charge is 0.228 e. The Morgan fingerprint density at radius 2 is 1.18 bits per heavy atom. The fraction of sp³-hybridized carbons (Fsp3) is 0. The first kappa shape index (κ1) is 25.4. The van der Waals surface area contributed by atoms with E-state index in [1.54, 1.807) is 0 Å². The van der Waals surface area contributed by atoms with Crippen LogP contribution in [0, 0.1) is 0 Å². The third-order valence-corrected chi connectivity index (χ3v) is 8.50. The summed E-state index contributed by atoms with van der Waals surface area (Å²) in [5, 5.41) is 4.36. The van der Waals surface area contributed by atoms with Crippen molar-refractivity contribution in [3.63, 3.8) is 0 Å². The van der Waals surface area contributed by atoms with Crippen LogP contribution in [0.5, 0.6) is 0 Å². The van der Waals surface area contributed by atoms with Crippen molar-refractivity contribution in [2.75, 3.05) is 4.90 Å². The van der Waals surface area contributed by atoms with Gasteiger partial charge in [-0.05, 0) is 59.5 Å². The minimum atomic E-state index is 0.586. The summed E-state index contributed by atoms with van der Waals surface area (Å²) in [4.78, 5) is 7.14. The molecule has 0 radical (unpaired) electrons. The molecule has 2 aromatic heterocycles. The molecule has 0 amide bonds. The summed E-state index contributed by atoms with van der Waals surface area (Å²) in [6.07, 6.45) is 0. The van der Waals surface area contributed by atoms with Crippen LogP contribution < -0.4 is 4.90 Å². The molecule has 0 saturated heterocycles. The molecule has 9 aromatic rings. The average Bonchev–Trinajstić information content (AvgIpc) is 3.71. The summed E-state index contributed by atoms with van der Waals surface area (Å²) < 4.78 is 12.8. The van der Waals surface area contributed by atoms with Crippen LogP contribution in [0.4, 0.5) is 17.1 Å². The fourth-order valence-corrected chi connectivity index (χ4v) is 6.46. The second kappa shape index (κ2) is 10.2. The lowest BCUT2D eigenvalue weighted by molar-refractivity contribution is 0.620. The van der Waals surface area contributed by atoms with E-state index >= 15 is 0 Å². The zero-order chi connectivity index (χ0) is 29.7. The summed E-state index contributed by atoms with van der Waals surface area (Å²) in [6, 6.07) is 54.6. The van der Waals surface area contributed by atoms with Crippen molar-refractivity contribution in [3.8, 4) is 22.6 Å².